The topological polar surface area (TPSA) is 75.0 Å². The van der Waals surface area contributed by atoms with Crippen LogP contribution in [0.5, 0.6) is 0 Å². The molecule has 3 heterocycles. The monoisotopic (exact) mass is 401 g/mol. The third-order valence-corrected chi connectivity index (χ3v) is 4.67. The summed E-state index contributed by atoms with van der Waals surface area (Å²) in [7, 11) is 0. The molecule has 1 N–H and O–H groups in total. The van der Waals surface area contributed by atoms with Crippen LogP contribution in [0.3, 0.4) is 0 Å². The van der Waals surface area contributed by atoms with Crippen LogP contribution in [0.15, 0.2) is 46.4 Å². The van der Waals surface area contributed by atoms with E-state index in [0.29, 0.717) is 37.9 Å². The molecule has 0 aliphatic carbocycles. The standard InChI is InChI=1S/C19H16FN3O4S/c20-12-2-1-3-13(10-12)23-18(25)15(17(24)21-19(23)28)11-14-4-5-16(27-14)22-6-8-26-9-7-22/h1-5,10-11H,6-9H2,(H,21,24,28). The summed E-state index contributed by atoms with van der Waals surface area (Å²) in [6.45, 7) is 2.62. The average molecular weight is 401 g/mol. The normalized spacial score (nSPS) is 19.3. The van der Waals surface area contributed by atoms with Crippen molar-refractivity contribution in [2.45, 2.75) is 0 Å². The molecule has 1 aromatic heterocycles. The van der Waals surface area contributed by atoms with Gasteiger partial charge in [0.15, 0.2) is 11.0 Å². The molecule has 1 aromatic carbocycles. The summed E-state index contributed by atoms with van der Waals surface area (Å²) < 4.78 is 24.6. The van der Waals surface area contributed by atoms with Gasteiger partial charge >= 0.3 is 0 Å². The minimum atomic E-state index is -0.649. The first-order chi connectivity index (χ1) is 13.5. The lowest BCUT2D eigenvalue weighted by Gasteiger charge is -2.28. The zero-order valence-corrected chi connectivity index (χ0v) is 15.5. The molecular weight excluding hydrogens is 385 g/mol. The minimum Gasteiger partial charge on any atom is -0.441 e. The molecule has 4 rings (SSSR count). The maximum Gasteiger partial charge on any atom is 0.270 e. The van der Waals surface area contributed by atoms with Gasteiger partial charge in [-0.1, -0.05) is 6.07 Å². The number of halogens is 1. The summed E-state index contributed by atoms with van der Waals surface area (Å²) in [5.74, 6) is -0.810. The van der Waals surface area contributed by atoms with Gasteiger partial charge in [0.2, 0.25) is 0 Å². The highest BCUT2D eigenvalue weighted by Crippen LogP contribution is 2.25. The van der Waals surface area contributed by atoms with Gasteiger partial charge < -0.3 is 14.1 Å². The summed E-state index contributed by atoms with van der Waals surface area (Å²) in [6, 6.07) is 8.87. The molecule has 2 aliphatic heterocycles. The molecule has 9 heteroatoms. The molecule has 28 heavy (non-hydrogen) atoms. The Kier molecular flexibility index (Phi) is 4.93. The van der Waals surface area contributed by atoms with E-state index in [2.05, 4.69) is 5.32 Å². The zero-order valence-electron chi connectivity index (χ0n) is 14.7. The van der Waals surface area contributed by atoms with Gasteiger partial charge in [-0.15, -0.1) is 0 Å². The van der Waals surface area contributed by atoms with Crippen molar-refractivity contribution >= 4 is 46.8 Å². The number of nitrogens with zero attached hydrogens (tertiary/aromatic N) is 2. The highest BCUT2D eigenvalue weighted by Gasteiger charge is 2.35. The largest absolute Gasteiger partial charge is 0.441 e. The van der Waals surface area contributed by atoms with Crippen LogP contribution >= 0.6 is 12.2 Å². The Bertz CT molecular complexity index is 981. The molecule has 2 aromatic rings. The second-order valence-corrected chi connectivity index (χ2v) is 6.60. The fourth-order valence-corrected chi connectivity index (χ4v) is 3.30. The van der Waals surface area contributed by atoms with Crippen molar-refractivity contribution in [1.82, 2.24) is 5.32 Å². The molecule has 0 spiro atoms. The number of nitrogens with one attached hydrogen (secondary N) is 1. The Labute approximate surface area is 165 Å². The third kappa shape index (κ3) is 3.54. The van der Waals surface area contributed by atoms with E-state index >= 15 is 0 Å². The molecule has 0 bridgehead atoms. The van der Waals surface area contributed by atoms with Gasteiger partial charge in [-0.2, -0.15) is 0 Å². The number of ether oxygens (including phenoxy) is 1. The number of carbonyl (C=O) groups excluding carboxylic acids is 2. The Morgan fingerprint density at radius 1 is 1.14 bits per heavy atom. The lowest BCUT2D eigenvalue weighted by Crippen LogP contribution is -2.54. The van der Waals surface area contributed by atoms with E-state index in [0.717, 1.165) is 4.90 Å². The van der Waals surface area contributed by atoms with E-state index in [1.165, 1.54) is 30.3 Å². The minimum absolute atomic E-state index is 0.105. The van der Waals surface area contributed by atoms with Crippen LogP contribution < -0.4 is 15.1 Å². The van der Waals surface area contributed by atoms with Gasteiger partial charge in [-0.3, -0.25) is 19.8 Å². The molecule has 144 valence electrons. The summed E-state index contributed by atoms with van der Waals surface area (Å²) in [6.07, 6.45) is 1.36. The molecule has 0 saturated carbocycles. The Hall–Kier alpha value is -3.04. The predicted octanol–water partition coefficient (Wildman–Crippen LogP) is 2.09. The fourth-order valence-electron chi connectivity index (χ4n) is 3.02. The molecule has 2 amide bonds. The molecule has 7 nitrogen and oxygen atoms in total. The SMILES string of the molecule is O=C1NC(=S)N(c2cccc(F)c2)C(=O)C1=Cc1ccc(N2CCOCC2)o1. The van der Waals surface area contributed by atoms with Crippen molar-refractivity contribution in [2.75, 3.05) is 36.1 Å². The van der Waals surface area contributed by atoms with Gasteiger partial charge in [0.25, 0.3) is 11.8 Å². The summed E-state index contributed by atoms with van der Waals surface area (Å²) in [4.78, 5) is 28.3. The maximum atomic E-state index is 13.6. The van der Waals surface area contributed by atoms with E-state index in [1.807, 2.05) is 4.90 Å². The van der Waals surface area contributed by atoms with Gasteiger partial charge in [-0.25, -0.2) is 4.39 Å². The third-order valence-electron chi connectivity index (χ3n) is 4.39. The van der Waals surface area contributed by atoms with E-state index in [1.54, 1.807) is 12.1 Å². The van der Waals surface area contributed by atoms with Crippen LogP contribution in [0, 0.1) is 5.82 Å². The molecule has 0 unspecified atom stereocenters. The highest BCUT2D eigenvalue weighted by atomic mass is 32.1. The van der Waals surface area contributed by atoms with Gasteiger partial charge in [0.05, 0.1) is 18.9 Å². The Balaban J connectivity index is 1.63. The van der Waals surface area contributed by atoms with E-state index in [-0.39, 0.29) is 16.4 Å². The molecule has 2 fully saturated rings. The maximum absolute atomic E-state index is 13.6. The first-order valence-electron chi connectivity index (χ1n) is 8.62. The number of morpholine rings is 1. The molecule has 0 atom stereocenters. The van der Waals surface area contributed by atoms with E-state index in [4.69, 9.17) is 21.4 Å². The number of furan rings is 1. The van der Waals surface area contributed by atoms with Gasteiger partial charge in [0, 0.05) is 19.2 Å². The zero-order chi connectivity index (χ0) is 19.7. The summed E-state index contributed by atoms with van der Waals surface area (Å²) in [5.41, 5.74) is 0.0788. The molecule has 2 aliphatic rings. The number of hydrogen-bond donors (Lipinski definition) is 1. The second-order valence-electron chi connectivity index (χ2n) is 6.21. The first kappa shape index (κ1) is 18.3. The number of rotatable bonds is 3. The summed E-state index contributed by atoms with van der Waals surface area (Å²) >= 11 is 5.10. The van der Waals surface area contributed by atoms with Crippen molar-refractivity contribution in [3.63, 3.8) is 0 Å². The first-order valence-corrected chi connectivity index (χ1v) is 9.03. The van der Waals surface area contributed by atoms with E-state index in [9.17, 15) is 14.0 Å². The quantitative estimate of drug-likeness (QED) is 0.482. The van der Waals surface area contributed by atoms with Crippen LogP contribution in [0.4, 0.5) is 16.0 Å². The number of thiocarbonyl (C=S) groups is 1. The molecule has 0 radical (unpaired) electrons. The van der Waals surface area contributed by atoms with Crippen LogP contribution in [0.2, 0.25) is 0 Å². The lowest BCUT2D eigenvalue weighted by molar-refractivity contribution is -0.122. The van der Waals surface area contributed by atoms with Crippen molar-refractivity contribution in [3.8, 4) is 0 Å². The molecule has 2 saturated heterocycles. The van der Waals surface area contributed by atoms with E-state index < -0.39 is 17.6 Å². The Morgan fingerprint density at radius 3 is 2.68 bits per heavy atom. The van der Waals surface area contributed by atoms with Crippen molar-refractivity contribution in [3.05, 3.63) is 53.5 Å². The number of benzene rings is 1. The number of anilines is 2. The van der Waals surface area contributed by atoms with Crippen LogP contribution in [0.25, 0.3) is 6.08 Å². The van der Waals surface area contributed by atoms with Crippen molar-refractivity contribution in [2.24, 2.45) is 0 Å². The van der Waals surface area contributed by atoms with Crippen LogP contribution in [-0.4, -0.2) is 43.2 Å². The fraction of sp³-hybridized carbons (Fsp3) is 0.211. The number of amides is 2. The predicted molar refractivity (Wildman–Crippen MR) is 104 cm³/mol. The van der Waals surface area contributed by atoms with Crippen molar-refractivity contribution in [1.29, 1.82) is 0 Å². The smallest absolute Gasteiger partial charge is 0.270 e. The van der Waals surface area contributed by atoms with Crippen LogP contribution in [0.1, 0.15) is 5.76 Å². The highest BCUT2D eigenvalue weighted by molar-refractivity contribution is 7.80. The number of hydrogen-bond acceptors (Lipinski definition) is 6. The van der Waals surface area contributed by atoms with Crippen molar-refractivity contribution < 1.29 is 23.1 Å². The van der Waals surface area contributed by atoms with Gasteiger partial charge in [-0.05, 0) is 42.6 Å². The average Bonchev–Trinajstić information content (AvgIpc) is 3.14. The lowest BCUT2D eigenvalue weighted by atomic mass is 10.1. The summed E-state index contributed by atoms with van der Waals surface area (Å²) in [5, 5.41) is 2.35. The second kappa shape index (κ2) is 7.53. The Morgan fingerprint density at radius 2 is 1.93 bits per heavy atom. The van der Waals surface area contributed by atoms with Crippen LogP contribution in [-0.2, 0) is 14.3 Å². The van der Waals surface area contributed by atoms with Gasteiger partial charge in [0.1, 0.15) is 17.2 Å². The molecular formula is C19H16FN3O4S. The number of carbonyl (C=O) groups is 2.